The molecule has 2 aromatic rings. The average Bonchev–Trinajstić information content (AvgIpc) is 3.15. The number of fused-ring (bicyclic) bond motifs is 1. The summed E-state index contributed by atoms with van der Waals surface area (Å²) >= 11 is 0. The summed E-state index contributed by atoms with van der Waals surface area (Å²) in [4.78, 5) is 19.9. The molecule has 0 bridgehead atoms. The van der Waals surface area contributed by atoms with E-state index in [0.717, 1.165) is 0 Å². The van der Waals surface area contributed by atoms with Crippen molar-refractivity contribution >= 4 is 41.5 Å². The molecule has 1 aliphatic rings. The van der Waals surface area contributed by atoms with Gasteiger partial charge in [-0.2, -0.15) is 8.78 Å². The fourth-order valence-corrected chi connectivity index (χ4v) is 2.51. The third-order valence-electron chi connectivity index (χ3n) is 3.80. The zero-order valence-corrected chi connectivity index (χ0v) is 18.2. The molecule has 9 nitrogen and oxygen atoms in total. The molecule has 0 fully saturated rings. The largest absolute Gasteiger partial charge is 0.454 e. The summed E-state index contributed by atoms with van der Waals surface area (Å²) in [6.45, 7) is -2.93. The Morgan fingerprint density at radius 2 is 2.07 bits per heavy atom. The van der Waals surface area contributed by atoms with E-state index >= 15 is 0 Å². The van der Waals surface area contributed by atoms with Crippen LogP contribution in [0.15, 0.2) is 41.7 Å². The highest BCUT2D eigenvalue weighted by molar-refractivity contribution is 14.0. The third kappa shape index (κ3) is 6.57. The molecule has 3 rings (SSSR count). The molecule has 3 N–H and O–H groups in total. The Hall–Kier alpha value is -2.90. The van der Waals surface area contributed by atoms with Gasteiger partial charge in [-0.1, -0.05) is 0 Å². The summed E-state index contributed by atoms with van der Waals surface area (Å²) in [7, 11) is 1.52. The lowest BCUT2D eigenvalue weighted by atomic mass is 10.1. The Labute approximate surface area is 188 Å². The number of anilines is 1. The van der Waals surface area contributed by atoms with E-state index in [1.54, 1.807) is 24.4 Å². The van der Waals surface area contributed by atoms with Crippen LogP contribution in [0.1, 0.15) is 5.56 Å². The lowest BCUT2D eigenvalue weighted by Gasteiger charge is -2.15. The van der Waals surface area contributed by atoms with Crippen molar-refractivity contribution in [2.45, 2.75) is 13.2 Å². The summed E-state index contributed by atoms with van der Waals surface area (Å²) in [5.41, 5.74) is 0.980. The summed E-state index contributed by atoms with van der Waals surface area (Å²) in [6, 6.07) is 6.31. The number of amides is 1. The van der Waals surface area contributed by atoms with Crippen LogP contribution in [0.5, 0.6) is 17.2 Å². The number of carbonyl (C=O) groups is 1. The SMILES string of the molecule is CN=C(NCC(=O)Nc1cccnc1)NCc1cc2c(cc1OC(F)F)OCO2.I. The number of ether oxygens (including phenoxy) is 3. The Bertz CT molecular complexity index is 886. The van der Waals surface area contributed by atoms with Crippen LogP contribution in [0.3, 0.4) is 0 Å². The van der Waals surface area contributed by atoms with E-state index in [4.69, 9.17) is 9.47 Å². The molecule has 0 saturated carbocycles. The molecule has 1 amide bonds. The molecule has 0 aliphatic carbocycles. The summed E-state index contributed by atoms with van der Waals surface area (Å²) in [5.74, 6) is 0.723. The van der Waals surface area contributed by atoms with Gasteiger partial charge < -0.3 is 30.2 Å². The van der Waals surface area contributed by atoms with Crippen LogP contribution < -0.4 is 30.2 Å². The molecule has 0 spiro atoms. The third-order valence-corrected chi connectivity index (χ3v) is 3.80. The number of nitrogens with one attached hydrogen (secondary N) is 3. The minimum Gasteiger partial charge on any atom is -0.454 e. The number of carbonyl (C=O) groups excluding carboxylic acids is 1. The first-order valence-electron chi connectivity index (χ1n) is 8.57. The van der Waals surface area contributed by atoms with Crippen molar-refractivity contribution in [1.29, 1.82) is 0 Å². The second-order valence-corrected chi connectivity index (χ2v) is 5.76. The number of aliphatic imine (C=N–C) groups is 1. The maximum atomic E-state index is 12.7. The van der Waals surface area contributed by atoms with E-state index in [9.17, 15) is 13.6 Å². The number of hydrogen-bond donors (Lipinski definition) is 3. The molecule has 30 heavy (non-hydrogen) atoms. The van der Waals surface area contributed by atoms with Gasteiger partial charge in [0.1, 0.15) is 5.75 Å². The van der Waals surface area contributed by atoms with Crippen molar-refractivity contribution in [1.82, 2.24) is 15.6 Å². The Morgan fingerprint density at radius 1 is 1.30 bits per heavy atom. The van der Waals surface area contributed by atoms with Crippen LogP contribution in [0, 0.1) is 0 Å². The highest BCUT2D eigenvalue weighted by Gasteiger charge is 2.20. The van der Waals surface area contributed by atoms with Gasteiger partial charge in [0.25, 0.3) is 0 Å². The van der Waals surface area contributed by atoms with Crippen molar-refractivity contribution in [3.05, 3.63) is 42.2 Å². The standard InChI is InChI=1S/C18H19F2N5O4.HI/c1-21-18(24-9-16(26)25-12-3-2-4-22-8-12)23-7-11-5-14-15(28-10-27-14)6-13(11)29-17(19)20;/h2-6,8,17H,7,9-10H2,1H3,(H,25,26)(H2,21,23,24);1H. The highest BCUT2D eigenvalue weighted by Crippen LogP contribution is 2.38. The number of nitrogens with zero attached hydrogens (tertiary/aromatic N) is 2. The summed E-state index contributed by atoms with van der Waals surface area (Å²) in [5, 5.41) is 8.44. The lowest BCUT2D eigenvalue weighted by Crippen LogP contribution is -2.41. The number of alkyl halides is 2. The highest BCUT2D eigenvalue weighted by atomic mass is 127. The number of rotatable bonds is 7. The van der Waals surface area contributed by atoms with Crippen molar-refractivity contribution in [3.63, 3.8) is 0 Å². The topological polar surface area (TPSA) is 106 Å². The van der Waals surface area contributed by atoms with Crippen LogP contribution >= 0.6 is 24.0 Å². The van der Waals surface area contributed by atoms with Gasteiger partial charge in [-0.05, 0) is 18.2 Å². The molecule has 0 radical (unpaired) electrons. The van der Waals surface area contributed by atoms with Crippen molar-refractivity contribution in [2.75, 3.05) is 25.7 Å². The van der Waals surface area contributed by atoms with Gasteiger partial charge in [0.2, 0.25) is 12.7 Å². The van der Waals surface area contributed by atoms with Crippen LogP contribution in [0.2, 0.25) is 0 Å². The van der Waals surface area contributed by atoms with Gasteiger partial charge in [-0.3, -0.25) is 14.8 Å². The summed E-state index contributed by atoms with van der Waals surface area (Å²) < 4.78 is 40.4. The molecular formula is C18H20F2IN5O4. The molecule has 0 atom stereocenters. The molecule has 162 valence electrons. The minimum absolute atomic E-state index is 0. The molecule has 2 heterocycles. The number of pyridine rings is 1. The monoisotopic (exact) mass is 535 g/mol. The smallest absolute Gasteiger partial charge is 0.387 e. The molecule has 0 saturated heterocycles. The predicted octanol–water partition coefficient (Wildman–Crippen LogP) is 2.33. The molecule has 12 heteroatoms. The molecule has 0 unspecified atom stereocenters. The van der Waals surface area contributed by atoms with Crippen molar-refractivity contribution < 1.29 is 27.8 Å². The Kier molecular flexibility index (Phi) is 8.83. The zero-order valence-electron chi connectivity index (χ0n) is 15.9. The Balaban J connectivity index is 0.00000320. The van der Waals surface area contributed by atoms with Gasteiger partial charge in [0, 0.05) is 31.4 Å². The maximum Gasteiger partial charge on any atom is 0.387 e. The summed E-state index contributed by atoms with van der Waals surface area (Å²) in [6.07, 6.45) is 3.12. The Morgan fingerprint density at radius 3 is 2.73 bits per heavy atom. The van der Waals surface area contributed by atoms with Gasteiger partial charge in [0.15, 0.2) is 17.5 Å². The van der Waals surface area contributed by atoms with Gasteiger partial charge >= 0.3 is 6.61 Å². The van der Waals surface area contributed by atoms with E-state index in [0.29, 0.717) is 28.7 Å². The van der Waals surface area contributed by atoms with Gasteiger partial charge in [-0.15, -0.1) is 24.0 Å². The van der Waals surface area contributed by atoms with E-state index in [-0.39, 0.29) is 55.5 Å². The van der Waals surface area contributed by atoms with Crippen LogP contribution in [0.25, 0.3) is 0 Å². The number of guanidine groups is 1. The molecule has 1 aromatic carbocycles. The number of halogens is 3. The maximum absolute atomic E-state index is 12.7. The fraction of sp³-hybridized carbons (Fsp3) is 0.278. The quantitative estimate of drug-likeness (QED) is 0.284. The van der Waals surface area contributed by atoms with Crippen LogP contribution in [-0.4, -0.2) is 43.8 Å². The second kappa shape index (κ2) is 11.3. The van der Waals surface area contributed by atoms with Crippen molar-refractivity contribution in [3.8, 4) is 17.2 Å². The first-order valence-corrected chi connectivity index (χ1v) is 8.57. The van der Waals surface area contributed by atoms with E-state index in [2.05, 4.69) is 30.7 Å². The normalized spacial score (nSPS) is 12.2. The van der Waals surface area contributed by atoms with Crippen LogP contribution in [-0.2, 0) is 11.3 Å². The van der Waals surface area contributed by atoms with Gasteiger partial charge in [-0.25, -0.2) is 0 Å². The molecule has 1 aliphatic heterocycles. The minimum atomic E-state index is -2.98. The van der Waals surface area contributed by atoms with E-state index in [1.807, 2.05) is 0 Å². The first kappa shape index (κ1) is 23.4. The fourth-order valence-electron chi connectivity index (χ4n) is 2.51. The van der Waals surface area contributed by atoms with E-state index in [1.165, 1.54) is 19.3 Å². The average molecular weight is 535 g/mol. The number of aromatic nitrogens is 1. The first-order chi connectivity index (χ1) is 14.0. The molecule has 1 aromatic heterocycles. The lowest BCUT2D eigenvalue weighted by molar-refractivity contribution is -0.115. The van der Waals surface area contributed by atoms with Crippen molar-refractivity contribution in [2.24, 2.45) is 4.99 Å². The van der Waals surface area contributed by atoms with E-state index < -0.39 is 6.61 Å². The number of hydrogen-bond acceptors (Lipinski definition) is 6. The second-order valence-electron chi connectivity index (χ2n) is 5.76. The predicted molar refractivity (Wildman–Crippen MR) is 116 cm³/mol. The zero-order chi connectivity index (χ0) is 20.6. The molecular weight excluding hydrogens is 515 g/mol. The number of benzene rings is 1. The van der Waals surface area contributed by atoms with Gasteiger partial charge in [0.05, 0.1) is 18.4 Å². The van der Waals surface area contributed by atoms with Crippen LogP contribution in [0.4, 0.5) is 14.5 Å².